The Kier molecular flexibility index (Phi) is 4.63. The molecule has 0 radical (unpaired) electrons. The molecule has 5 rings (SSSR count). The van der Waals surface area contributed by atoms with E-state index in [9.17, 15) is 9.59 Å². The van der Waals surface area contributed by atoms with Crippen molar-refractivity contribution in [3.63, 3.8) is 0 Å². The van der Waals surface area contributed by atoms with Crippen LogP contribution >= 0.6 is 0 Å². The molecule has 0 saturated carbocycles. The number of rotatable bonds is 5. The van der Waals surface area contributed by atoms with E-state index in [0.717, 1.165) is 16.6 Å². The second-order valence-electron chi connectivity index (χ2n) is 7.26. The first-order valence-electron chi connectivity index (χ1n) is 9.87. The van der Waals surface area contributed by atoms with Gasteiger partial charge in [-0.15, -0.1) is 0 Å². The lowest BCUT2D eigenvalue weighted by Gasteiger charge is -2.13. The van der Waals surface area contributed by atoms with E-state index in [2.05, 4.69) is 9.97 Å². The zero-order valence-corrected chi connectivity index (χ0v) is 16.8. The number of hydrogen-bond acceptors (Lipinski definition) is 5. The van der Waals surface area contributed by atoms with E-state index in [4.69, 9.17) is 9.15 Å². The van der Waals surface area contributed by atoms with Gasteiger partial charge in [-0.3, -0.25) is 9.36 Å². The van der Waals surface area contributed by atoms with Crippen LogP contribution in [0.3, 0.4) is 0 Å². The van der Waals surface area contributed by atoms with Crippen molar-refractivity contribution >= 4 is 27.8 Å². The number of carbonyl (C=O) groups excluding carboxylic acids is 1. The van der Waals surface area contributed by atoms with Crippen LogP contribution in [0.1, 0.15) is 27.6 Å². The first-order valence-corrected chi connectivity index (χ1v) is 9.87. The maximum Gasteiger partial charge on any atom is 0.341 e. The molecule has 0 amide bonds. The van der Waals surface area contributed by atoms with Gasteiger partial charge in [-0.2, -0.15) is 0 Å². The van der Waals surface area contributed by atoms with Crippen molar-refractivity contribution in [2.45, 2.75) is 20.1 Å². The molecule has 0 atom stereocenters. The molecule has 5 aromatic rings. The van der Waals surface area contributed by atoms with E-state index in [-0.39, 0.29) is 18.7 Å². The number of para-hydroxylation sites is 2. The summed E-state index contributed by atoms with van der Waals surface area (Å²) in [7, 11) is 0. The number of nitrogens with one attached hydrogen (secondary N) is 1. The number of aromatic amines is 1. The standard InChI is InChI=1S/C24H19N3O4/c1-15-22(17-8-2-4-10-19(17)25-15)24(29)31-14-21-26-20-11-5-3-9-18(20)23(28)27(21)13-16-7-6-12-30-16/h2-12,25H,13-14H2,1H3. The van der Waals surface area contributed by atoms with E-state index in [1.165, 1.54) is 4.57 Å². The van der Waals surface area contributed by atoms with Gasteiger partial charge in [-0.05, 0) is 37.3 Å². The van der Waals surface area contributed by atoms with Crippen LogP contribution < -0.4 is 5.56 Å². The molecule has 3 aromatic heterocycles. The lowest BCUT2D eigenvalue weighted by Crippen LogP contribution is -2.26. The molecule has 0 aliphatic rings. The van der Waals surface area contributed by atoms with Crippen LogP contribution in [0.25, 0.3) is 21.8 Å². The lowest BCUT2D eigenvalue weighted by molar-refractivity contribution is 0.0458. The van der Waals surface area contributed by atoms with E-state index < -0.39 is 5.97 Å². The first kappa shape index (κ1) is 18.9. The number of esters is 1. The fourth-order valence-electron chi connectivity index (χ4n) is 3.79. The van der Waals surface area contributed by atoms with Crippen molar-refractivity contribution in [3.05, 3.63) is 100 Å². The normalized spacial score (nSPS) is 11.3. The quantitative estimate of drug-likeness (QED) is 0.437. The van der Waals surface area contributed by atoms with Gasteiger partial charge in [0.05, 0.1) is 29.3 Å². The third-order valence-electron chi connectivity index (χ3n) is 5.26. The second-order valence-corrected chi connectivity index (χ2v) is 7.26. The molecule has 0 spiro atoms. The van der Waals surface area contributed by atoms with Crippen molar-refractivity contribution in [1.82, 2.24) is 14.5 Å². The first-order chi connectivity index (χ1) is 15.1. The molecule has 0 aliphatic carbocycles. The molecule has 0 aliphatic heterocycles. The van der Waals surface area contributed by atoms with Gasteiger partial charge >= 0.3 is 5.97 Å². The number of ether oxygens (including phenoxy) is 1. The maximum atomic E-state index is 13.1. The number of aryl methyl sites for hydroxylation is 1. The maximum absolute atomic E-state index is 13.1. The SMILES string of the molecule is Cc1[nH]c2ccccc2c1C(=O)OCc1nc2ccccc2c(=O)n1Cc1ccco1. The Bertz CT molecular complexity index is 1460. The summed E-state index contributed by atoms with van der Waals surface area (Å²) in [5.74, 6) is 0.493. The smallest absolute Gasteiger partial charge is 0.341 e. The van der Waals surface area contributed by atoms with Crippen molar-refractivity contribution in [2.75, 3.05) is 0 Å². The summed E-state index contributed by atoms with van der Waals surface area (Å²) in [6.45, 7) is 1.89. The van der Waals surface area contributed by atoms with Gasteiger partial charge in [0, 0.05) is 16.6 Å². The van der Waals surface area contributed by atoms with E-state index in [0.29, 0.717) is 28.1 Å². The molecular formula is C24H19N3O4. The molecule has 1 N–H and O–H groups in total. The molecule has 0 fully saturated rings. The third-order valence-corrected chi connectivity index (χ3v) is 5.26. The molecule has 3 heterocycles. The van der Waals surface area contributed by atoms with Crippen molar-refractivity contribution in [1.29, 1.82) is 0 Å². The average Bonchev–Trinajstić information content (AvgIpc) is 3.41. The Morgan fingerprint density at radius 1 is 1.06 bits per heavy atom. The topological polar surface area (TPSA) is 90.1 Å². The summed E-state index contributed by atoms with van der Waals surface area (Å²) in [5.41, 5.74) is 2.42. The highest BCUT2D eigenvalue weighted by atomic mass is 16.5. The monoisotopic (exact) mass is 413 g/mol. The summed E-state index contributed by atoms with van der Waals surface area (Å²) in [6.07, 6.45) is 1.55. The second kappa shape index (κ2) is 7.60. The van der Waals surface area contributed by atoms with Crippen molar-refractivity contribution in [3.8, 4) is 0 Å². The highest BCUT2D eigenvalue weighted by Crippen LogP contribution is 2.23. The summed E-state index contributed by atoms with van der Waals surface area (Å²) in [6, 6.07) is 18.2. The zero-order valence-electron chi connectivity index (χ0n) is 16.8. The number of furan rings is 1. The van der Waals surface area contributed by atoms with Crippen LogP contribution in [0.5, 0.6) is 0 Å². The van der Waals surface area contributed by atoms with Gasteiger partial charge in [0.25, 0.3) is 5.56 Å². The van der Waals surface area contributed by atoms with Crippen LogP contribution in [-0.2, 0) is 17.9 Å². The van der Waals surface area contributed by atoms with Crippen molar-refractivity contribution in [2.24, 2.45) is 0 Å². The molecular weight excluding hydrogens is 394 g/mol. The minimum absolute atomic E-state index is 0.140. The van der Waals surface area contributed by atoms with E-state index in [1.54, 1.807) is 36.6 Å². The summed E-state index contributed by atoms with van der Waals surface area (Å²) in [4.78, 5) is 33.8. The molecule has 0 unspecified atom stereocenters. The Labute approximate surface area is 176 Å². The van der Waals surface area contributed by atoms with Crippen LogP contribution in [0, 0.1) is 6.92 Å². The number of aromatic nitrogens is 3. The molecule has 0 bridgehead atoms. The minimum atomic E-state index is -0.470. The third kappa shape index (κ3) is 3.40. The number of carbonyl (C=O) groups is 1. The minimum Gasteiger partial charge on any atom is -0.467 e. The van der Waals surface area contributed by atoms with E-state index in [1.807, 2.05) is 37.3 Å². The van der Waals surface area contributed by atoms with E-state index >= 15 is 0 Å². The zero-order chi connectivity index (χ0) is 21.4. The molecule has 154 valence electrons. The van der Waals surface area contributed by atoms with Crippen LogP contribution in [0.4, 0.5) is 0 Å². The average molecular weight is 413 g/mol. The summed E-state index contributed by atoms with van der Waals surface area (Å²) in [5, 5.41) is 1.29. The number of nitrogens with zero attached hydrogens (tertiary/aromatic N) is 2. The van der Waals surface area contributed by atoms with Gasteiger partial charge in [-0.25, -0.2) is 9.78 Å². The highest BCUT2D eigenvalue weighted by Gasteiger charge is 2.19. The van der Waals surface area contributed by atoms with Crippen LogP contribution in [0.15, 0.2) is 76.1 Å². The van der Waals surface area contributed by atoms with Crippen molar-refractivity contribution < 1.29 is 13.9 Å². The van der Waals surface area contributed by atoms with Crippen LogP contribution in [0.2, 0.25) is 0 Å². The van der Waals surface area contributed by atoms with Crippen LogP contribution in [-0.4, -0.2) is 20.5 Å². The van der Waals surface area contributed by atoms with Gasteiger partial charge < -0.3 is 14.1 Å². The Morgan fingerprint density at radius 2 is 1.84 bits per heavy atom. The Hall–Kier alpha value is -4.13. The largest absolute Gasteiger partial charge is 0.467 e. The lowest BCUT2D eigenvalue weighted by atomic mass is 10.1. The highest BCUT2D eigenvalue weighted by molar-refractivity contribution is 6.05. The Morgan fingerprint density at radius 3 is 2.65 bits per heavy atom. The fraction of sp³-hybridized carbons (Fsp3) is 0.125. The predicted octanol–water partition coefficient (Wildman–Crippen LogP) is 4.18. The van der Waals surface area contributed by atoms with Gasteiger partial charge in [0.15, 0.2) is 5.82 Å². The molecule has 0 saturated heterocycles. The summed E-state index contributed by atoms with van der Waals surface area (Å²) >= 11 is 0. The molecule has 2 aromatic carbocycles. The number of H-pyrrole nitrogens is 1. The van der Waals surface area contributed by atoms with Gasteiger partial charge in [0.2, 0.25) is 0 Å². The predicted molar refractivity (Wildman–Crippen MR) is 116 cm³/mol. The number of benzene rings is 2. The molecule has 31 heavy (non-hydrogen) atoms. The van der Waals surface area contributed by atoms with Gasteiger partial charge in [-0.1, -0.05) is 30.3 Å². The number of hydrogen-bond donors (Lipinski definition) is 1. The number of fused-ring (bicyclic) bond motifs is 2. The Balaban J connectivity index is 1.51. The fourth-order valence-corrected chi connectivity index (χ4v) is 3.79. The molecule has 7 nitrogen and oxygen atoms in total. The van der Waals surface area contributed by atoms with Gasteiger partial charge in [0.1, 0.15) is 12.4 Å². The summed E-state index contributed by atoms with van der Waals surface area (Å²) < 4.78 is 12.5. The molecule has 7 heteroatoms.